The molecule has 0 amide bonds. The SMILES string of the molecule is CCCCn1ccc2nc3nc(C)nn3c(-c3cccc(OC)c3)c2c1=O. The van der Waals surface area contributed by atoms with Crippen LogP contribution in [0.4, 0.5) is 0 Å². The van der Waals surface area contributed by atoms with E-state index >= 15 is 0 Å². The van der Waals surface area contributed by atoms with Gasteiger partial charge >= 0.3 is 0 Å². The number of benzene rings is 1. The predicted octanol–water partition coefficient (Wildman–Crippen LogP) is 3.22. The molecule has 7 nitrogen and oxygen atoms in total. The first-order valence-corrected chi connectivity index (χ1v) is 9.03. The standard InChI is InChI=1S/C20H21N5O2/c1-4-5-10-24-11-9-16-17(19(24)26)18(14-7-6-8-15(12-14)27-3)25-20(22-16)21-13(2)23-25/h6-9,11-12H,4-5,10H2,1-3H3. The summed E-state index contributed by atoms with van der Waals surface area (Å²) in [5.74, 6) is 1.79. The van der Waals surface area contributed by atoms with Crippen molar-refractivity contribution in [1.29, 1.82) is 0 Å². The summed E-state index contributed by atoms with van der Waals surface area (Å²) in [7, 11) is 1.62. The molecular weight excluding hydrogens is 342 g/mol. The van der Waals surface area contributed by atoms with E-state index in [0.717, 1.165) is 18.4 Å². The fraction of sp³-hybridized carbons (Fsp3) is 0.300. The van der Waals surface area contributed by atoms with Crippen molar-refractivity contribution in [2.45, 2.75) is 33.2 Å². The third-order valence-corrected chi connectivity index (χ3v) is 4.60. The van der Waals surface area contributed by atoms with Crippen LogP contribution < -0.4 is 10.3 Å². The van der Waals surface area contributed by atoms with E-state index in [-0.39, 0.29) is 5.56 Å². The molecule has 0 aliphatic heterocycles. The second-order valence-electron chi connectivity index (χ2n) is 6.49. The summed E-state index contributed by atoms with van der Waals surface area (Å²) in [5, 5.41) is 5.02. The molecule has 138 valence electrons. The number of unbranched alkanes of at least 4 members (excludes halogenated alkanes) is 1. The Bertz CT molecular complexity index is 1190. The Morgan fingerprint density at radius 3 is 2.81 bits per heavy atom. The number of fused-ring (bicyclic) bond motifs is 2. The van der Waals surface area contributed by atoms with Gasteiger partial charge in [0.15, 0.2) is 0 Å². The van der Waals surface area contributed by atoms with E-state index in [4.69, 9.17) is 4.74 Å². The Labute approximate surface area is 156 Å². The number of rotatable bonds is 5. The minimum Gasteiger partial charge on any atom is -0.497 e. The van der Waals surface area contributed by atoms with Crippen LogP contribution in [0.1, 0.15) is 25.6 Å². The molecule has 0 bridgehead atoms. The van der Waals surface area contributed by atoms with Gasteiger partial charge in [0, 0.05) is 18.3 Å². The lowest BCUT2D eigenvalue weighted by molar-refractivity contribution is 0.415. The van der Waals surface area contributed by atoms with Crippen molar-refractivity contribution in [3.05, 3.63) is 52.7 Å². The first-order chi connectivity index (χ1) is 13.1. The van der Waals surface area contributed by atoms with Gasteiger partial charge in [-0.15, -0.1) is 5.10 Å². The molecule has 0 saturated carbocycles. The van der Waals surface area contributed by atoms with Gasteiger partial charge in [-0.2, -0.15) is 9.50 Å². The van der Waals surface area contributed by atoms with Gasteiger partial charge in [-0.05, 0) is 31.5 Å². The van der Waals surface area contributed by atoms with E-state index in [1.54, 1.807) is 16.2 Å². The summed E-state index contributed by atoms with van der Waals surface area (Å²) >= 11 is 0. The van der Waals surface area contributed by atoms with Crippen LogP contribution in [0.25, 0.3) is 27.9 Å². The van der Waals surface area contributed by atoms with Crippen molar-refractivity contribution in [1.82, 2.24) is 24.1 Å². The maximum Gasteiger partial charge on any atom is 0.262 e. The number of hydrogen-bond acceptors (Lipinski definition) is 5. The molecule has 4 aromatic rings. The monoisotopic (exact) mass is 363 g/mol. The van der Waals surface area contributed by atoms with Crippen LogP contribution in [-0.2, 0) is 6.54 Å². The van der Waals surface area contributed by atoms with E-state index in [0.29, 0.717) is 40.5 Å². The Hall–Kier alpha value is -3.22. The number of hydrogen-bond donors (Lipinski definition) is 0. The second kappa shape index (κ2) is 6.83. The highest BCUT2D eigenvalue weighted by atomic mass is 16.5. The van der Waals surface area contributed by atoms with Crippen molar-refractivity contribution in [3.63, 3.8) is 0 Å². The van der Waals surface area contributed by atoms with Crippen LogP contribution in [0.2, 0.25) is 0 Å². The summed E-state index contributed by atoms with van der Waals surface area (Å²) < 4.78 is 8.76. The van der Waals surface area contributed by atoms with Crippen LogP contribution in [0.5, 0.6) is 5.75 Å². The highest BCUT2D eigenvalue weighted by Crippen LogP contribution is 2.28. The summed E-state index contributed by atoms with van der Waals surface area (Å²) in [6.45, 7) is 4.60. The van der Waals surface area contributed by atoms with Crippen LogP contribution in [-0.4, -0.2) is 31.3 Å². The first-order valence-electron chi connectivity index (χ1n) is 9.03. The number of nitrogens with zero attached hydrogens (tertiary/aromatic N) is 5. The average molecular weight is 363 g/mol. The Morgan fingerprint density at radius 2 is 2.04 bits per heavy atom. The lowest BCUT2D eigenvalue weighted by Crippen LogP contribution is -2.21. The lowest BCUT2D eigenvalue weighted by Gasteiger charge is -2.12. The zero-order chi connectivity index (χ0) is 19.0. The molecule has 0 unspecified atom stereocenters. The van der Waals surface area contributed by atoms with E-state index < -0.39 is 0 Å². The van der Waals surface area contributed by atoms with Gasteiger partial charge in [-0.3, -0.25) is 4.79 Å². The number of methoxy groups -OCH3 is 1. The van der Waals surface area contributed by atoms with Gasteiger partial charge < -0.3 is 9.30 Å². The Balaban J connectivity index is 2.11. The molecule has 0 fully saturated rings. The molecule has 1 aromatic carbocycles. The zero-order valence-electron chi connectivity index (χ0n) is 15.6. The van der Waals surface area contributed by atoms with Gasteiger partial charge in [0.1, 0.15) is 11.6 Å². The van der Waals surface area contributed by atoms with Gasteiger partial charge in [0.2, 0.25) is 0 Å². The zero-order valence-corrected chi connectivity index (χ0v) is 15.6. The lowest BCUT2D eigenvalue weighted by atomic mass is 10.1. The predicted molar refractivity (Wildman–Crippen MR) is 104 cm³/mol. The molecule has 0 spiro atoms. The molecular formula is C20H21N5O2. The molecule has 0 atom stereocenters. The molecule has 4 rings (SSSR count). The molecule has 27 heavy (non-hydrogen) atoms. The quantitative estimate of drug-likeness (QED) is 0.544. The van der Waals surface area contributed by atoms with Gasteiger partial charge in [-0.1, -0.05) is 25.5 Å². The van der Waals surface area contributed by atoms with Crippen molar-refractivity contribution >= 4 is 16.7 Å². The van der Waals surface area contributed by atoms with Crippen LogP contribution in [0.3, 0.4) is 0 Å². The molecule has 3 heterocycles. The van der Waals surface area contributed by atoms with E-state index in [9.17, 15) is 4.79 Å². The topological polar surface area (TPSA) is 74.3 Å². The number of pyridine rings is 1. The second-order valence-corrected chi connectivity index (χ2v) is 6.49. The van der Waals surface area contributed by atoms with Crippen molar-refractivity contribution in [3.8, 4) is 17.0 Å². The fourth-order valence-corrected chi connectivity index (χ4v) is 3.26. The molecule has 0 aliphatic carbocycles. The van der Waals surface area contributed by atoms with E-state index in [2.05, 4.69) is 22.0 Å². The molecule has 3 aromatic heterocycles. The van der Waals surface area contributed by atoms with Crippen molar-refractivity contribution < 1.29 is 4.74 Å². The van der Waals surface area contributed by atoms with Crippen molar-refractivity contribution in [2.24, 2.45) is 0 Å². The van der Waals surface area contributed by atoms with Gasteiger partial charge in [0.05, 0.1) is 23.7 Å². The average Bonchev–Trinajstić information content (AvgIpc) is 3.05. The smallest absolute Gasteiger partial charge is 0.262 e. The number of ether oxygens (including phenoxy) is 1. The Kier molecular flexibility index (Phi) is 4.35. The molecule has 0 radical (unpaired) electrons. The summed E-state index contributed by atoms with van der Waals surface area (Å²) in [5.41, 5.74) is 2.07. The highest BCUT2D eigenvalue weighted by molar-refractivity contribution is 5.93. The first kappa shape index (κ1) is 17.2. The largest absolute Gasteiger partial charge is 0.497 e. The highest BCUT2D eigenvalue weighted by Gasteiger charge is 2.18. The minimum absolute atomic E-state index is 0.0682. The van der Waals surface area contributed by atoms with E-state index in [1.165, 1.54) is 0 Å². The minimum atomic E-state index is -0.0682. The summed E-state index contributed by atoms with van der Waals surface area (Å²) in [4.78, 5) is 22.2. The molecule has 0 saturated heterocycles. The Morgan fingerprint density at radius 1 is 1.19 bits per heavy atom. The third-order valence-electron chi connectivity index (χ3n) is 4.60. The van der Waals surface area contributed by atoms with Crippen LogP contribution >= 0.6 is 0 Å². The fourth-order valence-electron chi connectivity index (χ4n) is 3.26. The third kappa shape index (κ3) is 2.95. The molecule has 7 heteroatoms. The number of aryl methyl sites for hydroxylation is 2. The number of aromatic nitrogens is 5. The summed E-state index contributed by atoms with van der Waals surface area (Å²) in [6, 6.07) is 9.48. The maximum absolute atomic E-state index is 13.3. The molecule has 0 N–H and O–H groups in total. The normalized spacial score (nSPS) is 11.4. The molecule has 0 aliphatic rings. The maximum atomic E-state index is 13.3. The van der Waals surface area contributed by atoms with Crippen molar-refractivity contribution in [2.75, 3.05) is 7.11 Å². The summed E-state index contributed by atoms with van der Waals surface area (Å²) in [6.07, 6.45) is 3.77. The van der Waals surface area contributed by atoms with Crippen LogP contribution in [0, 0.1) is 6.92 Å². The van der Waals surface area contributed by atoms with Gasteiger partial charge in [-0.25, -0.2) is 4.98 Å². The van der Waals surface area contributed by atoms with E-state index in [1.807, 2.05) is 43.5 Å². The van der Waals surface area contributed by atoms with Gasteiger partial charge in [0.25, 0.3) is 11.3 Å². The van der Waals surface area contributed by atoms with Crippen LogP contribution in [0.15, 0.2) is 41.3 Å².